The number of aliphatic carboxylic acids is 1. The van der Waals surface area contributed by atoms with Gasteiger partial charge in [0.2, 0.25) is 15.9 Å². The molecule has 164 valence electrons. The van der Waals surface area contributed by atoms with E-state index in [4.69, 9.17) is 13.9 Å². The number of oxazole rings is 1. The molecule has 9 nitrogen and oxygen atoms in total. The van der Waals surface area contributed by atoms with Crippen LogP contribution in [0, 0.1) is 0 Å². The van der Waals surface area contributed by atoms with Gasteiger partial charge in [-0.15, -0.1) is 0 Å². The number of carboxylic acids is 1. The highest BCUT2D eigenvalue weighted by Crippen LogP contribution is 2.36. The van der Waals surface area contributed by atoms with Crippen LogP contribution in [0.3, 0.4) is 0 Å². The van der Waals surface area contributed by atoms with E-state index < -0.39 is 22.4 Å². The molecule has 0 unspecified atom stereocenters. The molecule has 0 saturated carbocycles. The molecule has 0 fully saturated rings. The zero-order valence-corrected chi connectivity index (χ0v) is 17.6. The zero-order valence-electron chi connectivity index (χ0n) is 16.8. The van der Waals surface area contributed by atoms with Crippen LogP contribution in [0.2, 0.25) is 0 Å². The second kappa shape index (κ2) is 10.3. The molecule has 2 aromatic carbocycles. The first-order valence-corrected chi connectivity index (χ1v) is 10.8. The summed E-state index contributed by atoms with van der Waals surface area (Å²) in [4.78, 5) is 15.5. The number of rotatable bonds is 11. The molecule has 2 N–H and O–H groups in total. The lowest BCUT2D eigenvalue weighted by atomic mass is 9.95. The number of sulfonamides is 1. The minimum absolute atomic E-state index is 0.0620. The van der Waals surface area contributed by atoms with Crippen LogP contribution in [0.25, 0.3) is 22.6 Å². The third-order valence-corrected chi connectivity index (χ3v) is 5.89. The lowest BCUT2D eigenvalue weighted by Gasteiger charge is -2.18. The number of aromatic nitrogens is 1. The van der Waals surface area contributed by atoms with Crippen molar-refractivity contribution in [2.24, 2.45) is 0 Å². The molecule has 0 aliphatic rings. The smallest absolute Gasteiger partial charge is 0.307 e. The van der Waals surface area contributed by atoms with Crippen molar-refractivity contribution in [1.29, 1.82) is 0 Å². The number of hydrogen-bond donors (Lipinski definition) is 2. The van der Waals surface area contributed by atoms with Gasteiger partial charge in [-0.3, -0.25) is 4.79 Å². The van der Waals surface area contributed by atoms with Crippen molar-refractivity contribution in [3.05, 3.63) is 60.5 Å². The molecule has 0 bridgehead atoms. The number of benzene rings is 2. The monoisotopic (exact) mass is 446 g/mol. The van der Waals surface area contributed by atoms with Gasteiger partial charge >= 0.3 is 5.97 Å². The molecule has 0 saturated heterocycles. The zero-order chi connectivity index (χ0) is 22.3. The highest BCUT2D eigenvalue weighted by atomic mass is 32.2. The number of hydrogen-bond acceptors (Lipinski definition) is 7. The van der Waals surface area contributed by atoms with Crippen LogP contribution in [0.1, 0.15) is 5.56 Å². The van der Waals surface area contributed by atoms with Gasteiger partial charge in [-0.1, -0.05) is 36.4 Å². The molecule has 0 atom stereocenters. The minimum Gasteiger partial charge on any atom is -0.481 e. The van der Waals surface area contributed by atoms with Gasteiger partial charge in [0.25, 0.3) is 0 Å². The Morgan fingerprint density at radius 1 is 1.13 bits per heavy atom. The first-order chi connectivity index (χ1) is 14.9. The summed E-state index contributed by atoms with van der Waals surface area (Å²) < 4.78 is 44.3. The third kappa shape index (κ3) is 5.56. The SMILES string of the molecule is COCCOCNS(=O)(=O)c1c(-c2ncco2)ccc(-c2ccccc2)c1CC(=O)O. The first-order valence-electron chi connectivity index (χ1n) is 9.33. The van der Waals surface area contributed by atoms with Gasteiger partial charge in [0.15, 0.2) is 0 Å². The summed E-state index contributed by atoms with van der Waals surface area (Å²) in [6, 6.07) is 12.2. The molecule has 1 aromatic heterocycles. The second-order valence-electron chi connectivity index (χ2n) is 6.44. The fourth-order valence-corrected chi connectivity index (χ4v) is 4.41. The number of carboxylic acid groups (broad SMARTS) is 1. The molecule has 1 heterocycles. The average molecular weight is 446 g/mol. The molecular formula is C21H22N2O7S. The standard InChI is InChI=1S/C21H22N2O7S/c1-28-11-12-29-14-23-31(26,27)20-17(21-22-9-10-30-21)8-7-16(18(20)13-19(24)25)15-5-3-2-4-6-15/h2-10,23H,11-14H2,1H3,(H,24,25). The molecule has 31 heavy (non-hydrogen) atoms. The van der Waals surface area contributed by atoms with E-state index in [0.29, 0.717) is 17.7 Å². The lowest BCUT2D eigenvalue weighted by molar-refractivity contribution is -0.136. The van der Waals surface area contributed by atoms with Gasteiger partial charge in [0, 0.05) is 7.11 Å². The largest absolute Gasteiger partial charge is 0.481 e. The number of nitrogens with zero attached hydrogens (tertiary/aromatic N) is 1. The van der Waals surface area contributed by atoms with Gasteiger partial charge in [0.05, 0.1) is 36.3 Å². The molecule has 3 rings (SSSR count). The van der Waals surface area contributed by atoms with Crippen molar-refractivity contribution in [2.75, 3.05) is 27.1 Å². The van der Waals surface area contributed by atoms with Crippen LogP contribution in [0.4, 0.5) is 0 Å². The Labute approximate surface area is 179 Å². The Hall–Kier alpha value is -3.05. The Bertz CT molecular complexity index is 1110. The minimum atomic E-state index is -4.19. The van der Waals surface area contributed by atoms with Crippen LogP contribution in [-0.4, -0.2) is 51.5 Å². The summed E-state index contributed by atoms with van der Waals surface area (Å²) in [5, 5.41) is 9.53. The van der Waals surface area contributed by atoms with Gasteiger partial charge < -0.3 is 19.0 Å². The summed E-state index contributed by atoms with van der Waals surface area (Å²) in [7, 11) is -2.69. The van der Waals surface area contributed by atoms with Crippen LogP contribution >= 0.6 is 0 Å². The Balaban J connectivity index is 2.15. The quantitative estimate of drug-likeness (QED) is 0.340. The molecule has 0 amide bonds. The highest BCUT2D eigenvalue weighted by molar-refractivity contribution is 7.89. The van der Waals surface area contributed by atoms with E-state index in [-0.39, 0.29) is 35.3 Å². The van der Waals surface area contributed by atoms with Crippen molar-refractivity contribution < 1.29 is 32.2 Å². The van der Waals surface area contributed by atoms with Crippen LogP contribution < -0.4 is 4.72 Å². The lowest BCUT2D eigenvalue weighted by Crippen LogP contribution is -2.29. The van der Waals surface area contributed by atoms with Crippen molar-refractivity contribution >= 4 is 16.0 Å². The van der Waals surface area contributed by atoms with Crippen LogP contribution in [0.5, 0.6) is 0 Å². The Kier molecular flexibility index (Phi) is 7.53. The molecular weight excluding hydrogens is 424 g/mol. The van der Waals surface area contributed by atoms with E-state index in [0.717, 1.165) is 0 Å². The predicted octanol–water partition coefficient (Wildman–Crippen LogP) is 2.53. The highest BCUT2D eigenvalue weighted by Gasteiger charge is 2.29. The molecule has 0 aliphatic heterocycles. The van der Waals surface area contributed by atoms with E-state index in [1.54, 1.807) is 36.4 Å². The number of carbonyl (C=O) groups is 1. The van der Waals surface area contributed by atoms with E-state index in [2.05, 4.69) is 9.71 Å². The summed E-state index contributed by atoms with van der Waals surface area (Å²) in [5.41, 5.74) is 1.45. The maximum atomic E-state index is 13.3. The van der Waals surface area contributed by atoms with E-state index >= 15 is 0 Å². The Morgan fingerprint density at radius 2 is 1.87 bits per heavy atom. The summed E-state index contributed by atoms with van der Waals surface area (Å²) in [6.45, 7) is 0.188. The summed E-state index contributed by atoms with van der Waals surface area (Å²) in [5.74, 6) is -1.11. The summed E-state index contributed by atoms with van der Waals surface area (Å²) >= 11 is 0. The van der Waals surface area contributed by atoms with Gasteiger partial charge in [0.1, 0.15) is 13.0 Å². The third-order valence-electron chi connectivity index (χ3n) is 4.39. The second-order valence-corrected chi connectivity index (χ2v) is 8.14. The van der Waals surface area contributed by atoms with Crippen molar-refractivity contribution in [3.8, 4) is 22.6 Å². The number of nitrogens with one attached hydrogen (secondary N) is 1. The molecule has 0 aliphatic carbocycles. The van der Waals surface area contributed by atoms with Crippen LogP contribution in [0.15, 0.2) is 64.2 Å². The van der Waals surface area contributed by atoms with Crippen molar-refractivity contribution in [3.63, 3.8) is 0 Å². The van der Waals surface area contributed by atoms with E-state index in [1.165, 1.54) is 19.6 Å². The van der Waals surface area contributed by atoms with Crippen molar-refractivity contribution in [1.82, 2.24) is 9.71 Å². The summed E-state index contributed by atoms with van der Waals surface area (Å²) in [6.07, 6.45) is 2.18. The molecule has 3 aromatic rings. The van der Waals surface area contributed by atoms with Gasteiger partial charge in [-0.05, 0) is 22.8 Å². The maximum absolute atomic E-state index is 13.3. The molecule has 10 heteroatoms. The van der Waals surface area contributed by atoms with Crippen LogP contribution in [-0.2, 0) is 30.7 Å². The molecule has 0 spiro atoms. The van der Waals surface area contributed by atoms with Crippen molar-refractivity contribution in [2.45, 2.75) is 11.3 Å². The maximum Gasteiger partial charge on any atom is 0.307 e. The first kappa shape index (κ1) is 22.6. The number of ether oxygens (including phenoxy) is 2. The predicted molar refractivity (Wildman–Crippen MR) is 112 cm³/mol. The number of methoxy groups -OCH3 is 1. The fourth-order valence-electron chi connectivity index (χ4n) is 3.08. The molecule has 0 radical (unpaired) electrons. The van der Waals surface area contributed by atoms with Gasteiger partial charge in [-0.2, -0.15) is 4.72 Å². The van der Waals surface area contributed by atoms with E-state index in [1.807, 2.05) is 6.07 Å². The topological polar surface area (TPSA) is 128 Å². The Morgan fingerprint density at radius 3 is 2.52 bits per heavy atom. The fraction of sp³-hybridized carbons (Fsp3) is 0.238. The van der Waals surface area contributed by atoms with Gasteiger partial charge in [-0.25, -0.2) is 13.4 Å². The van der Waals surface area contributed by atoms with E-state index in [9.17, 15) is 18.3 Å². The normalized spacial score (nSPS) is 11.5. The average Bonchev–Trinajstić information content (AvgIpc) is 3.28.